The molecule has 1 aromatic carbocycles. The van der Waals surface area contributed by atoms with Crippen LogP contribution < -0.4 is 5.46 Å². The van der Waals surface area contributed by atoms with Gasteiger partial charge in [-0.05, 0) is 30.7 Å². The summed E-state index contributed by atoms with van der Waals surface area (Å²) in [5.74, 6) is 0.593. The van der Waals surface area contributed by atoms with Crippen molar-refractivity contribution in [1.82, 2.24) is 0 Å². The van der Waals surface area contributed by atoms with Gasteiger partial charge in [0.1, 0.15) is 7.85 Å². The zero-order chi connectivity index (χ0) is 11.5. The van der Waals surface area contributed by atoms with Crippen LogP contribution in [0, 0.1) is 5.92 Å². The highest BCUT2D eigenvalue weighted by Gasteiger charge is 2.31. The Kier molecular flexibility index (Phi) is 3.32. The monoisotopic (exact) mass is 216 g/mol. The van der Waals surface area contributed by atoms with E-state index in [0.29, 0.717) is 5.92 Å². The molecule has 3 heteroatoms. The van der Waals surface area contributed by atoms with E-state index < -0.39 is 0 Å². The predicted molar refractivity (Wildman–Crippen MR) is 66.7 cm³/mol. The first-order valence-corrected chi connectivity index (χ1v) is 5.85. The standard InChI is InChI=1S/C13H17BO2/c1-16-13(15)11-3-2-10(8-11)9-4-6-12(14)7-5-9/h4-7,10-11H,2-3,8,14H2,1H3/t10-,11-/m0/s1. The molecular formula is C13H17BO2. The summed E-state index contributed by atoms with van der Waals surface area (Å²) in [7, 11) is 3.57. The SMILES string of the molecule is Bc1ccc([C@H]2CC[C@H](C(=O)OC)C2)cc1. The first-order valence-electron chi connectivity index (χ1n) is 5.85. The first-order chi connectivity index (χ1) is 7.70. The van der Waals surface area contributed by atoms with Gasteiger partial charge in [0.15, 0.2) is 0 Å². The van der Waals surface area contributed by atoms with Gasteiger partial charge in [-0.15, -0.1) is 0 Å². The van der Waals surface area contributed by atoms with Gasteiger partial charge in [0.2, 0.25) is 0 Å². The van der Waals surface area contributed by atoms with Crippen molar-refractivity contribution in [2.75, 3.05) is 7.11 Å². The fraction of sp³-hybridized carbons (Fsp3) is 0.462. The maximum Gasteiger partial charge on any atom is 0.308 e. The lowest BCUT2D eigenvalue weighted by atomic mass is 9.90. The molecule has 0 bridgehead atoms. The highest BCUT2D eigenvalue weighted by Crippen LogP contribution is 2.38. The smallest absolute Gasteiger partial charge is 0.308 e. The van der Waals surface area contributed by atoms with Crippen LogP contribution in [0.25, 0.3) is 0 Å². The molecule has 0 amide bonds. The van der Waals surface area contributed by atoms with E-state index in [4.69, 9.17) is 4.74 Å². The molecule has 0 heterocycles. The van der Waals surface area contributed by atoms with E-state index in [0.717, 1.165) is 19.3 Å². The second kappa shape index (κ2) is 4.73. The van der Waals surface area contributed by atoms with E-state index in [9.17, 15) is 4.79 Å². The molecule has 2 rings (SSSR count). The number of methoxy groups -OCH3 is 1. The molecule has 1 aliphatic rings. The van der Waals surface area contributed by atoms with Crippen LogP contribution in [0.15, 0.2) is 24.3 Å². The summed E-state index contributed by atoms with van der Waals surface area (Å²) < 4.78 is 4.80. The summed E-state index contributed by atoms with van der Waals surface area (Å²) in [6, 6.07) is 8.64. The van der Waals surface area contributed by atoms with Gasteiger partial charge in [-0.1, -0.05) is 29.7 Å². The van der Waals surface area contributed by atoms with E-state index in [2.05, 4.69) is 32.1 Å². The molecule has 0 N–H and O–H groups in total. The van der Waals surface area contributed by atoms with Gasteiger partial charge in [0.05, 0.1) is 13.0 Å². The number of benzene rings is 1. The third-order valence-corrected chi connectivity index (χ3v) is 3.52. The maximum absolute atomic E-state index is 11.4. The zero-order valence-corrected chi connectivity index (χ0v) is 9.90. The third-order valence-electron chi connectivity index (χ3n) is 3.52. The largest absolute Gasteiger partial charge is 0.469 e. The fourth-order valence-corrected chi connectivity index (χ4v) is 2.50. The Balaban J connectivity index is 2.03. The zero-order valence-electron chi connectivity index (χ0n) is 9.90. The molecule has 2 nitrogen and oxygen atoms in total. The number of carbonyl (C=O) groups is 1. The molecule has 1 saturated carbocycles. The van der Waals surface area contributed by atoms with Crippen LogP contribution in [0.5, 0.6) is 0 Å². The number of esters is 1. The Morgan fingerprint density at radius 3 is 2.62 bits per heavy atom. The van der Waals surface area contributed by atoms with Gasteiger partial charge in [0, 0.05) is 0 Å². The van der Waals surface area contributed by atoms with Crippen LogP contribution in [0.2, 0.25) is 0 Å². The van der Waals surface area contributed by atoms with Gasteiger partial charge in [-0.25, -0.2) is 0 Å². The quantitative estimate of drug-likeness (QED) is 0.544. The fourth-order valence-electron chi connectivity index (χ4n) is 2.50. The van der Waals surface area contributed by atoms with E-state index in [1.54, 1.807) is 0 Å². The molecule has 1 aromatic rings. The molecule has 0 unspecified atom stereocenters. The molecule has 0 radical (unpaired) electrons. The lowest BCUT2D eigenvalue weighted by Gasteiger charge is -2.10. The molecule has 1 fully saturated rings. The number of carbonyl (C=O) groups excluding carboxylic acids is 1. The predicted octanol–water partition coefficient (Wildman–Crippen LogP) is 1.00. The van der Waals surface area contributed by atoms with E-state index in [1.807, 2.05) is 0 Å². The van der Waals surface area contributed by atoms with E-state index in [1.165, 1.54) is 18.1 Å². The van der Waals surface area contributed by atoms with Gasteiger partial charge in [0.25, 0.3) is 0 Å². The summed E-state index contributed by atoms with van der Waals surface area (Å²) in [6.45, 7) is 0. The topological polar surface area (TPSA) is 26.3 Å². The average molecular weight is 216 g/mol. The Bertz CT molecular complexity index is 372. The first kappa shape index (κ1) is 11.2. The van der Waals surface area contributed by atoms with Crippen molar-refractivity contribution in [1.29, 1.82) is 0 Å². The summed E-state index contributed by atoms with van der Waals surface area (Å²) in [5.41, 5.74) is 2.64. The van der Waals surface area contributed by atoms with Crippen molar-refractivity contribution in [3.63, 3.8) is 0 Å². The molecule has 84 valence electrons. The van der Waals surface area contributed by atoms with E-state index in [-0.39, 0.29) is 11.9 Å². The van der Waals surface area contributed by atoms with Crippen molar-refractivity contribution in [3.8, 4) is 0 Å². The van der Waals surface area contributed by atoms with Crippen LogP contribution >= 0.6 is 0 Å². The van der Waals surface area contributed by atoms with Crippen LogP contribution in [-0.4, -0.2) is 20.9 Å². The summed E-state index contributed by atoms with van der Waals surface area (Å²) >= 11 is 0. The second-order valence-electron chi connectivity index (χ2n) is 4.64. The summed E-state index contributed by atoms with van der Waals surface area (Å²) in [6.07, 6.45) is 3.00. The molecule has 2 atom stereocenters. The minimum Gasteiger partial charge on any atom is -0.469 e. The van der Waals surface area contributed by atoms with Crippen molar-refractivity contribution in [2.45, 2.75) is 25.2 Å². The van der Waals surface area contributed by atoms with Crippen LogP contribution in [0.1, 0.15) is 30.7 Å². The number of hydrogen-bond acceptors (Lipinski definition) is 2. The third kappa shape index (κ3) is 2.29. The second-order valence-corrected chi connectivity index (χ2v) is 4.64. The maximum atomic E-state index is 11.4. The molecule has 16 heavy (non-hydrogen) atoms. The molecule has 0 spiro atoms. The van der Waals surface area contributed by atoms with Crippen molar-refractivity contribution < 1.29 is 9.53 Å². The van der Waals surface area contributed by atoms with Gasteiger partial charge >= 0.3 is 5.97 Å². The Morgan fingerprint density at radius 1 is 1.31 bits per heavy atom. The average Bonchev–Trinajstić information content (AvgIpc) is 2.78. The molecule has 0 aromatic heterocycles. The number of hydrogen-bond donors (Lipinski definition) is 0. The Labute approximate surface area is 97.4 Å². The number of rotatable bonds is 2. The van der Waals surface area contributed by atoms with Crippen molar-refractivity contribution >= 4 is 19.3 Å². The van der Waals surface area contributed by atoms with Crippen molar-refractivity contribution in [3.05, 3.63) is 29.8 Å². The molecule has 0 saturated heterocycles. The van der Waals surface area contributed by atoms with Crippen molar-refractivity contribution in [2.24, 2.45) is 5.92 Å². The van der Waals surface area contributed by atoms with Gasteiger partial charge in [-0.3, -0.25) is 4.79 Å². The Morgan fingerprint density at radius 2 is 2.00 bits per heavy atom. The minimum atomic E-state index is -0.0467. The normalized spacial score (nSPS) is 24.3. The van der Waals surface area contributed by atoms with Gasteiger partial charge in [-0.2, -0.15) is 0 Å². The lowest BCUT2D eigenvalue weighted by Crippen LogP contribution is -2.12. The van der Waals surface area contributed by atoms with Crippen LogP contribution in [-0.2, 0) is 9.53 Å². The van der Waals surface area contributed by atoms with Gasteiger partial charge < -0.3 is 4.74 Å². The lowest BCUT2D eigenvalue weighted by molar-refractivity contribution is -0.145. The Hall–Kier alpha value is -1.25. The molecule has 0 aliphatic heterocycles. The molecular weight excluding hydrogens is 199 g/mol. The van der Waals surface area contributed by atoms with E-state index >= 15 is 0 Å². The molecule has 1 aliphatic carbocycles. The highest BCUT2D eigenvalue weighted by atomic mass is 16.5. The highest BCUT2D eigenvalue weighted by molar-refractivity contribution is 6.32. The van der Waals surface area contributed by atoms with Crippen LogP contribution in [0.3, 0.4) is 0 Å². The summed E-state index contributed by atoms with van der Waals surface area (Å²) in [5, 5.41) is 0. The minimum absolute atomic E-state index is 0.0467. The number of ether oxygens (including phenoxy) is 1. The summed E-state index contributed by atoms with van der Waals surface area (Å²) in [4.78, 5) is 11.4. The van der Waals surface area contributed by atoms with Crippen LogP contribution in [0.4, 0.5) is 0 Å².